The molecule has 1 saturated heterocycles. The fourth-order valence-electron chi connectivity index (χ4n) is 4.18. The van der Waals surface area contributed by atoms with Crippen LogP contribution in [0.2, 0.25) is 0 Å². The Morgan fingerprint density at radius 3 is 2.32 bits per heavy atom. The molecule has 2 aromatic rings. The molecule has 3 atom stereocenters. The summed E-state index contributed by atoms with van der Waals surface area (Å²) < 4.78 is 7.16. The van der Waals surface area contributed by atoms with Crippen LogP contribution < -0.4 is 0 Å². The highest BCUT2D eigenvalue weighted by Crippen LogP contribution is 2.60. The Hall–Kier alpha value is -2.22. The third-order valence-corrected chi connectivity index (χ3v) is 6.13. The summed E-state index contributed by atoms with van der Waals surface area (Å²) in [6, 6.07) is 19.7. The van der Waals surface area contributed by atoms with Gasteiger partial charge in [0.2, 0.25) is 0 Å². The van der Waals surface area contributed by atoms with Crippen molar-refractivity contribution in [2.45, 2.75) is 32.3 Å². The lowest BCUT2D eigenvalue weighted by atomic mass is 9.54. The van der Waals surface area contributed by atoms with Crippen LogP contribution >= 0.6 is 15.9 Å². The van der Waals surface area contributed by atoms with Crippen LogP contribution in [0.15, 0.2) is 71.7 Å². The highest BCUT2D eigenvalue weighted by molar-refractivity contribution is 9.10. The molecule has 3 rings (SSSR count). The maximum Gasteiger partial charge on any atom is 0.162 e. The van der Waals surface area contributed by atoms with Gasteiger partial charge in [-0.25, -0.2) is 0 Å². The number of carbonyl (C=O) groups excluding carboxylic acids is 1. The molecule has 1 heterocycles. The summed E-state index contributed by atoms with van der Waals surface area (Å²) in [5.74, 6) is -0.142. The molecule has 3 nitrogen and oxygen atoms in total. The van der Waals surface area contributed by atoms with E-state index in [0.717, 1.165) is 15.6 Å². The van der Waals surface area contributed by atoms with E-state index < -0.39 is 22.3 Å². The van der Waals surface area contributed by atoms with Gasteiger partial charge in [-0.1, -0.05) is 85.2 Å². The van der Waals surface area contributed by atoms with Crippen molar-refractivity contribution < 1.29 is 9.53 Å². The Balaban J connectivity index is 2.32. The number of Topliss-reactive ketones (excluding diaryl/α,β-unsaturated/α-hetero) is 1. The van der Waals surface area contributed by atoms with Crippen molar-refractivity contribution >= 4 is 21.7 Å². The normalized spacial score (nSPS) is 27.2. The lowest BCUT2D eigenvalue weighted by Crippen LogP contribution is -2.53. The number of nitrogens with zero attached hydrogens (tertiary/aromatic N) is 1. The molecule has 1 unspecified atom stereocenters. The quantitative estimate of drug-likeness (QED) is 0.570. The highest BCUT2D eigenvalue weighted by Gasteiger charge is 2.67. The average molecular weight is 438 g/mol. The van der Waals surface area contributed by atoms with Gasteiger partial charge in [0.05, 0.1) is 18.1 Å². The molecule has 0 radical (unpaired) electrons. The minimum absolute atomic E-state index is 0.142. The average Bonchev–Trinajstić information content (AvgIpc) is 3.04. The van der Waals surface area contributed by atoms with Crippen molar-refractivity contribution in [3.8, 4) is 6.07 Å². The Morgan fingerprint density at radius 1 is 1.21 bits per heavy atom. The van der Waals surface area contributed by atoms with Gasteiger partial charge >= 0.3 is 0 Å². The third kappa shape index (κ3) is 2.94. The fourth-order valence-corrected chi connectivity index (χ4v) is 4.44. The standard InChI is InChI=1S/C24H24BrNO2/c1-5-23(18-9-7-6-8-10-18)16-28-20(17-11-13-19(25)14-12-17)24(23,15-26)21(27)22(2,3)4/h5-14,20H,1,16H2,2-4H3/t20?,23-,24-/m0/s1. The topological polar surface area (TPSA) is 50.1 Å². The number of nitriles is 1. The maximum absolute atomic E-state index is 13.9. The van der Waals surface area contributed by atoms with Crippen molar-refractivity contribution in [3.05, 3.63) is 82.9 Å². The van der Waals surface area contributed by atoms with E-state index in [1.807, 2.05) is 75.4 Å². The van der Waals surface area contributed by atoms with Gasteiger partial charge in [-0.15, -0.1) is 6.58 Å². The largest absolute Gasteiger partial charge is 0.370 e. The molecule has 144 valence electrons. The third-order valence-electron chi connectivity index (χ3n) is 5.60. The molecular weight excluding hydrogens is 414 g/mol. The van der Waals surface area contributed by atoms with Gasteiger partial charge in [0.1, 0.15) is 6.10 Å². The first-order valence-corrected chi connectivity index (χ1v) is 10.0. The van der Waals surface area contributed by atoms with Crippen molar-refractivity contribution in [1.82, 2.24) is 0 Å². The van der Waals surface area contributed by atoms with Gasteiger partial charge < -0.3 is 4.74 Å². The van der Waals surface area contributed by atoms with E-state index in [-0.39, 0.29) is 12.4 Å². The summed E-state index contributed by atoms with van der Waals surface area (Å²) in [6.07, 6.45) is 1.05. The summed E-state index contributed by atoms with van der Waals surface area (Å²) in [5.41, 5.74) is -1.42. The van der Waals surface area contributed by atoms with Crippen LogP contribution in [0.4, 0.5) is 0 Å². The van der Waals surface area contributed by atoms with Crippen LogP contribution in [-0.4, -0.2) is 12.4 Å². The van der Waals surface area contributed by atoms with E-state index in [1.54, 1.807) is 6.08 Å². The molecule has 0 aromatic heterocycles. The molecule has 0 amide bonds. The van der Waals surface area contributed by atoms with Crippen LogP contribution in [0, 0.1) is 22.2 Å². The molecule has 0 aliphatic carbocycles. The zero-order chi connectivity index (χ0) is 20.6. The molecule has 0 spiro atoms. The minimum Gasteiger partial charge on any atom is -0.370 e. The summed E-state index contributed by atoms with van der Waals surface area (Å²) in [6.45, 7) is 9.82. The lowest BCUT2D eigenvalue weighted by Gasteiger charge is -2.42. The zero-order valence-corrected chi connectivity index (χ0v) is 18.0. The zero-order valence-electron chi connectivity index (χ0n) is 16.4. The van der Waals surface area contributed by atoms with E-state index in [1.165, 1.54) is 0 Å². The van der Waals surface area contributed by atoms with Crippen LogP contribution in [-0.2, 0) is 14.9 Å². The Labute approximate surface area is 175 Å². The van der Waals surface area contributed by atoms with E-state index in [2.05, 4.69) is 28.6 Å². The van der Waals surface area contributed by atoms with Gasteiger partial charge in [-0.3, -0.25) is 4.79 Å². The SMILES string of the molecule is C=C[C@@]1(c2ccccc2)COC(c2ccc(Br)cc2)[C@@]1(C#N)C(=O)C(C)(C)C. The molecule has 0 N–H and O–H groups in total. The van der Waals surface area contributed by atoms with Crippen LogP contribution in [0.25, 0.3) is 0 Å². The number of ether oxygens (including phenoxy) is 1. The second kappa shape index (κ2) is 7.31. The van der Waals surface area contributed by atoms with Crippen molar-refractivity contribution in [3.63, 3.8) is 0 Å². The van der Waals surface area contributed by atoms with E-state index in [4.69, 9.17) is 4.74 Å². The predicted molar refractivity (Wildman–Crippen MR) is 114 cm³/mol. The molecule has 4 heteroatoms. The first kappa shape index (κ1) is 20.5. The van der Waals surface area contributed by atoms with Gasteiger partial charge in [0.15, 0.2) is 11.2 Å². The number of ketones is 1. The second-order valence-corrected chi connectivity index (χ2v) is 9.20. The molecule has 2 aromatic carbocycles. The Morgan fingerprint density at radius 2 is 1.82 bits per heavy atom. The summed E-state index contributed by atoms with van der Waals surface area (Å²) in [7, 11) is 0. The minimum atomic E-state index is -1.43. The predicted octanol–water partition coefficient (Wildman–Crippen LogP) is 5.77. The summed E-state index contributed by atoms with van der Waals surface area (Å²) in [4.78, 5) is 13.9. The first-order chi connectivity index (χ1) is 13.2. The van der Waals surface area contributed by atoms with E-state index >= 15 is 0 Å². The van der Waals surface area contributed by atoms with Crippen LogP contribution in [0.3, 0.4) is 0 Å². The van der Waals surface area contributed by atoms with Gasteiger partial charge in [0, 0.05) is 9.89 Å². The number of rotatable bonds is 4. The molecular formula is C24H24BrNO2. The van der Waals surface area contributed by atoms with Gasteiger partial charge in [-0.05, 0) is 23.3 Å². The summed E-state index contributed by atoms with van der Waals surface area (Å²) >= 11 is 3.44. The number of carbonyl (C=O) groups is 1. The number of halogens is 1. The Bertz CT molecular complexity index is 924. The first-order valence-electron chi connectivity index (χ1n) is 9.25. The molecule has 0 saturated carbocycles. The number of hydrogen-bond donors (Lipinski definition) is 0. The number of hydrogen-bond acceptors (Lipinski definition) is 3. The van der Waals surface area contributed by atoms with Crippen LogP contribution in [0.5, 0.6) is 0 Å². The number of benzene rings is 2. The highest BCUT2D eigenvalue weighted by atomic mass is 79.9. The molecule has 28 heavy (non-hydrogen) atoms. The second-order valence-electron chi connectivity index (χ2n) is 8.28. The maximum atomic E-state index is 13.9. The van der Waals surface area contributed by atoms with Crippen molar-refractivity contribution in [1.29, 1.82) is 5.26 Å². The smallest absolute Gasteiger partial charge is 0.162 e. The monoisotopic (exact) mass is 437 g/mol. The van der Waals surface area contributed by atoms with Gasteiger partial charge in [0.25, 0.3) is 0 Å². The van der Waals surface area contributed by atoms with E-state index in [9.17, 15) is 10.1 Å². The van der Waals surface area contributed by atoms with E-state index in [0.29, 0.717) is 0 Å². The van der Waals surface area contributed by atoms with Crippen molar-refractivity contribution in [2.24, 2.45) is 10.8 Å². The molecule has 1 aliphatic rings. The summed E-state index contributed by atoms with van der Waals surface area (Å²) in [5, 5.41) is 10.6. The molecule has 1 aliphatic heterocycles. The Kier molecular flexibility index (Phi) is 5.36. The molecule has 1 fully saturated rings. The van der Waals surface area contributed by atoms with Crippen LogP contribution in [0.1, 0.15) is 38.0 Å². The lowest BCUT2D eigenvalue weighted by molar-refractivity contribution is -0.138. The fraction of sp³-hybridized carbons (Fsp3) is 0.333. The van der Waals surface area contributed by atoms with Gasteiger partial charge in [-0.2, -0.15) is 5.26 Å². The van der Waals surface area contributed by atoms with Crippen molar-refractivity contribution in [2.75, 3.05) is 6.61 Å². The molecule has 0 bridgehead atoms.